The van der Waals surface area contributed by atoms with Crippen LogP contribution in [0.25, 0.3) is 0 Å². The van der Waals surface area contributed by atoms with E-state index in [1.54, 1.807) is 6.08 Å². The number of benzene rings is 1. The van der Waals surface area contributed by atoms with Gasteiger partial charge < -0.3 is 29.4 Å². The number of hydrogen-bond acceptors (Lipinski definition) is 6. The highest BCUT2D eigenvalue weighted by molar-refractivity contribution is 5.91. The third-order valence-corrected chi connectivity index (χ3v) is 4.77. The fourth-order valence-electron chi connectivity index (χ4n) is 3.48. The number of rotatable bonds is 8. The van der Waals surface area contributed by atoms with Gasteiger partial charge in [-0.2, -0.15) is 0 Å². The highest BCUT2D eigenvalue weighted by Gasteiger charge is 2.38. The number of carbonyl (C=O) groups is 1. The Labute approximate surface area is 164 Å². The van der Waals surface area contributed by atoms with Crippen LogP contribution in [0.4, 0.5) is 0 Å². The van der Waals surface area contributed by atoms with Crippen LogP contribution in [0.2, 0.25) is 0 Å². The number of carbonyl (C=O) groups excluding carboxylic acids is 1. The van der Waals surface area contributed by atoms with Crippen molar-refractivity contribution < 1.29 is 28.8 Å². The molecule has 7 nitrogen and oxygen atoms in total. The van der Waals surface area contributed by atoms with Crippen LogP contribution in [-0.4, -0.2) is 43.9 Å². The lowest BCUT2D eigenvalue weighted by Crippen LogP contribution is -2.39. The van der Waals surface area contributed by atoms with Gasteiger partial charge in [0, 0.05) is 25.0 Å². The Bertz CT molecular complexity index is 769. The van der Waals surface area contributed by atoms with Gasteiger partial charge in [0.25, 0.3) is 5.91 Å². The Balaban J connectivity index is 1.95. The first-order chi connectivity index (χ1) is 13.7. The molecule has 28 heavy (non-hydrogen) atoms. The molecule has 0 unspecified atom stereocenters. The molecule has 3 atom stereocenters. The summed E-state index contributed by atoms with van der Waals surface area (Å²) in [7, 11) is 0. The monoisotopic (exact) mass is 387 g/mol. The third-order valence-electron chi connectivity index (χ3n) is 4.77. The van der Waals surface area contributed by atoms with E-state index < -0.39 is 6.29 Å². The summed E-state index contributed by atoms with van der Waals surface area (Å²) in [5, 5.41) is 11.9. The van der Waals surface area contributed by atoms with Crippen LogP contribution >= 0.6 is 0 Å². The van der Waals surface area contributed by atoms with Crippen LogP contribution in [0, 0.1) is 18.3 Å². The average molecular weight is 387 g/mol. The van der Waals surface area contributed by atoms with Gasteiger partial charge in [-0.15, -0.1) is 6.42 Å². The second kappa shape index (κ2) is 9.49. The van der Waals surface area contributed by atoms with Crippen molar-refractivity contribution in [2.75, 3.05) is 26.6 Å². The third kappa shape index (κ3) is 4.41. The lowest BCUT2D eigenvalue weighted by atomic mass is 9.80. The molecule has 1 aromatic carbocycles. The summed E-state index contributed by atoms with van der Waals surface area (Å²) in [5.41, 5.74) is 0.961. The van der Waals surface area contributed by atoms with Gasteiger partial charge in [-0.25, -0.2) is 0 Å². The number of allylic oxidation sites excluding steroid dienone is 1. The van der Waals surface area contributed by atoms with E-state index in [0.29, 0.717) is 30.9 Å². The van der Waals surface area contributed by atoms with Crippen LogP contribution in [0.5, 0.6) is 11.5 Å². The zero-order chi connectivity index (χ0) is 19.9. The average Bonchev–Trinajstić information content (AvgIpc) is 3.18. The fourth-order valence-corrected chi connectivity index (χ4v) is 3.48. The Morgan fingerprint density at radius 1 is 1.39 bits per heavy atom. The zero-order valence-corrected chi connectivity index (χ0v) is 15.8. The Kier molecular flexibility index (Phi) is 6.80. The van der Waals surface area contributed by atoms with Gasteiger partial charge in [-0.1, -0.05) is 12.0 Å². The van der Waals surface area contributed by atoms with Crippen molar-refractivity contribution in [1.29, 1.82) is 0 Å². The van der Waals surface area contributed by atoms with Crippen molar-refractivity contribution in [2.45, 2.75) is 32.0 Å². The van der Waals surface area contributed by atoms with E-state index in [2.05, 4.69) is 11.2 Å². The number of aliphatic hydroxyl groups is 1. The van der Waals surface area contributed by atoms with Crippen molar-refractivity contribution in [3.8, 4) is 23.8 Å². The Hall–Kier alpha value is -2.69. The zero-order valence-electron chi connectivity index (χ0n) is 15.8. The molecule has 2 aliphatic rings. The summed E-state index contributed by atoms with van der Waals surface area (Å²) in [6, 6.07) is 5.73. The largest absolute Gasteiger partial charge is 0.459 e. The van der Waals surface area contributed by atoms with E-state index in [1.165, 1.54) is 0 Å². The number of terminal acetylenes is 1. The topological polar surface area (TPSA) is 86.3 Å². The molecule has 7 heteroatoms. The van der Waals surface area contributed by atoms with Crippen molar-refractivity contribution in [1.82, 2.24) is 5.32 Å². The highest BCUT2D eigenvalue weighted by Crippen LogP contribution is 2.42. The first-order valence-corrected chi connectivity index (χ1v) is 9.40. The Morgan fingerprint density at radius 3 is 2.96 bits per heavy atom. The molecule has 150 valence electrons. The van der Waals surface area contributed by atoms with E-state index in [1.807, 2.05) is 25.1 Å². The van der Waals surface area contributed by atoms with Crippen LogP contribution in [0.15, 0.2) is 30.0 Å². The van der Waals surface area contributed by atoms with E-state index in [-0.39, 0.29) is 43.4 Å². The summed E-state index contributed by atoms with van der Waals surface area (Å²) in [6.45, 7) is 2.69. The van der Waals surface area contributed by atoms with E-state index in [0.717, 1.165) is 5.56 Å². The molecule has 3 rings (SSSR count). The van der Waals surface area contributed by atoms with E-state index in [9.17, 15) is 9.90 Å². The molecule has 2 heterocycles. The molecule has 0 aliphatic carbocycles. The predicted octanol–water partition coefficient (Wildman–Crippen LogP) is 1.91. The smallest absolute Gasteiger partial charge is 0.286 e. The molecule has 0 radical (unpaired) electrons. The number of fused-ring (bicyclic) bond motifs is 1. The highest BCUT2D eigenvalue weighted by atomic mass is 16.7. The maximum Gasteiger partial charge on any atom is 0.286 e. The molecule has 0 saturated heterocycles. The molecular formula is C21H25NO6. The normalized spacial score (nSPS) is 22.8. The summed E-state index contributed by atoms with van der Waals surface area (Å²) < 4.78 is 22.6. The van der Waals surface area contributed by atoms with Gasteiger partial charge in [0.2, 0.25) is 13.1 Å². The molecular weight excluding hydrogens is 362 g/mol. The molecule has 1 aromatic rings. The first kappa shape index (κ1) is 20.1. The quantitative estimate of drug-likeness (QED) is 0.663. The predicted molar refractivity (Wildman–Crippen MR) is 102 cm³/mol. The SMILES string of the molecule is C#CCNC(=O)C1=C[C@H](c2ccc3c(c2)OCO3)[C@@H](CCCO)[C@H](OCC)O1. The molecule has 2 aliphatic heterocycles. The minimum Gasteiger partial charge on any atom is -0.459 e. The number of aliphatic hydroxyl groups excluding tert-OH is 1. The van der Waals surface area contributed by atoms with Gasteiger partial charge in [0.05, 0.1) is 6.54 Å². The standard InChI is InChI=1S/C21H25NO6/c1-3-9-22-20(24)19-12-16(14-7-8-17-18(11-14)27-13-26-17)15(6-5-10-23)21(28-19)25-4-2/h1,7-8,11-12,15-16,21,23H,4-6,9-10,13H2,2H3,(H,22,24)/t15-,16-,21-/m1/s1. The summed E-state index contributed by atoms with van der Waals surface area (Å²) in [4.78, 5) is 12.5. The van der Waals surface area contributed by atoms with Crippen molar-refractivity contribution in [2.24, 2.45) is 5.92 Å². The van der Waals surface area contributed by atoms with Crippen LogP contribution in [0.3, 0.4) is 0 Å². The number of hydrogen-bond donors (Lipinski definition) is 2. The van der Waals surface area contributed by atoms with Crippen LogP contribution in [-0.2, 0) is 14.3 Å². The van der Waals surface area contributed by atoms with Crippen LogP contribution in [0.1, 0.15) is 31.2 Å². The maximum absolute atomic E-state index is 12.5. The first-order valence-electron chi connectivity index (χ1n) is 9.40. The summed E-state index contributed by atoms with van der Waals surface area (Å²) >= 11 is 0. The van der Waals surface area contributed by atoms with E-state index in [4.69, 9.17) is 25.4 Å². The minimum atomic E-state index is -0.608. The number of amides is 1. The molecule has 0 saturated carbocycles. The van der Waals surface area contributed by atoms with Crippen LogP contribution < -0.4 is 14.8 Å². The number of ether oxygens (including phenoxy) is 4. The molecule has 0 fully saturated rings. The fraction of sp³-hybridized carbons (Fsp3) is 0.476. The lowest BCUT2D eigenvalue weighted by molar-refractivity contribution is -0.166. The molecule has 0 spiro atoms. The van der Waals surface area contributed by atoms with E-state index >= 15 is 0 Å². The second-order valence-electron chi connectivity index (χ2n) is 6.53. The minimum absolute atomic E-state index is 0.0719. The van der Waals surface area contributed by atoms with Crippen molar-refractivity contribution >= 4 is 5.91 Å². The van der Waals surface area contributed by atoms with Gasteiger partial charge in [0.15, 0.2) is 17.3 Å². The lowest BCUT2D eigenvalue weighted by Gasteiger charge is -2.37. The van der Waals surface area contributed by atoms with Crippen molar-refractivity contribution in [3.05, 3.63) is 35.6 Å². The molecule has 1 amide bonds. The molecule has 2 N–H and O–H groups in total. The maximum atomic E-state index is 12.5. The van der Waals surface area contributed by atoms with Gasteiger partial charge in [0.1, 0.15) is 0 Å². The van der Waals surface area contributed by atoms with Gasteiger partial charge in [-0.05, 0) is 43.5 Å². The second-order valence-corrected chi connectivity index (χ2v) is 6.53. The molecule has 0 aromatic heterocycles. The Morgan fingerprint density at radius 2 is 2.21 bits per heavy atom. The number of nitrogens with one attached hydrogen (secondary N) is 1. The molecule has 0 bridgehead atoms. The summed E-state index contributed by atoms with van der Waals surface area (Å²) in [5.74, 6) is 3.31. The summed E-state index contributed by atoms with van der Waals surface area (Å²) in [6.07, 6.45) is 7.69. The van der Waals surface area contributed by atoms with Gasteiger partial charge >= 0.3 is 0 Å². The van der Waals surface area contributed by atoms with Gasteiger partial charge in [-0.3, -0.25) is 4.79 Å². The van der Waals surface area contributed by atoms with Crippen molar-refractivity contribution in [3.63, 3.8) is 0 Å².